The Morgan fingerprint density at radius 3 is 2.70 bits per heavy atom. The zero-order valence-corrected chi connectivity index (χ0v) is 12.7. The second-order valence-electron chi connectivity index (χ2n) is 6.42. The maximum Gasteiger partial charge on any atom is 0.120 e. The van der Waals surface area contributed by atoms with Crippen LogP contribution in [0, 0.1) is 0 Å². The number of hydrogen-bond donors (Lipinski definition) is 1. The van der Waals surface area contributed by atoms with Crippen molar-refractivity contribution in [2.75, 3.05) is 13.1 Å². The Kier molecular flexibility index (Phi) is 4.30. The van der Waals surface area contributed by atoms with Crippen LogP contribution in [0.4, 0.5) is 0 Å². The highest BCUT2D eigenvalue weighted by Gasteiger charge is 2.38. The molecule has 1 aromatic rings. The molecule has 0 amide bonds. The van der Waals surface area contributed by atoms with E-state index in [1.54, 1.807) is 0 Å². The number of fused-ring (bicyclic) bond motifs is 1. The Morgan fingerprint density at radius 1 is 1.10 bits per heavy atom. The van der Waals surface area contributed by atoms with Crippen molar-refractivity contribution in [3.05, 3.63) is 29.3 Å². The lowest BCUT2D eigenvalue weighted by Gasteiger charge is -2.42. The van der Waals surface area contributed by atoms with Crippen molar-refractivity contribution in [3.63, 3.8) is 0 Å². The molecule has 0 atom stereocenters. The van der Waals surface area contributed by atoms with E-state index in [9.17, 15) is 0 Å². The molecule has 0 spiro atoms. The van der Waals surface area contributed by atoms with Gasteiger partial charge in [0.15, 0.2) is 0 Å². The first kappa shape index (κ1) is 13.9. The summed E-state index contributed by atoms with van der Waals surface area (Å²) < 4.78 is 6.40. The second kappa shape index (κ2) is 6.17. The largest absolute Gasteiger partial charge is 0.487 e. The summed E-state index contributed by atoms with van der Waals surface area (Å²) in [6, 6.07) is 6.75. The van der Waals surface area contributed by atoms with E-state index in [1.165, 1.54) is 56.1 Å². The monoisotopic (exact) mass is 273 g/mol. The number of rotatable bonds is 7. The molecule has 0 bridgehead atoms. The third-order valence-corrected chi connectivity index (χ3v) is 4.85. The summed E-state index contributed by atoms with van der Waals surface area (Å²) >= 11 is 0. The lowest BCUT2D eigenvalue weighted by atomic mass is 9.77. The molecular formula is C18H27NO. The summed E-state index contributed by atoms with van der Waals surface area (Å²) in [5.41, 5.74) is 3.17. The second-order valence-corrected chi connectivity index (χ2v) is 6.42. The zero-order chi connectivity index (χ0) is 13.8. The molecule has 20 heavy (non-hydrogen) atoms. The van der Waals surface area contributed by atoms with Gasteiger partial charge in [-0.3, -0.25) is 0 Å². The molecule has 2 aliphatic rings. The van der Waals surface area contributed by atoms with Gasteiger partial charge in [0, 0.05) is 0 Å². The Morgan fingerprint density at radius 2 is 1.95 bits per heavy atom. The smallest absolute Gasteiger partial charge is 0.120 e. The van der Waals surface area contributed by atoms with Crippen molar-refractivity contribution in [1.82, 2.24) is 5.32 Å². The van der Waals surface area contributed by atoms with Crippen molar-refractivity contribution < 1.29 is 4.74 Å². The van der Waals surface area contributed by atoms with E-state index in [2.05, 4.69) is 30.4 Å². The van der Waals surface area contributed by atoms with Gasteiger partial charge in [-0.1, -0.05) is 13.0 Å². The highest BCUT2D eigenvalue weighted by Crippen LogP contribution is 2.40. The first-order valence-corrected chi connectivity index (χ1v) is 8.33. The molecule has 0 saturated heterocycles. The van der Waals surface area contributed by atoms with Crippen LogP contribution in [-0.2, 0) is 12.8 Å². The van der Waals surface area contributed by atoms with E-state index in [0.717, 1.165) is 25.3 Å². The van der Waals surface area contributed by atoms with Gasteiger partial charge in [0.25, 0.3) is 0 Å². The van der Waals surface area contributed by atoms with Crippen LogP contribution in [-0.4, -0.2) is 18.7 Å². The van der Waals surface area contributed by atoms with Gasteiger partial charge in [0.05, 0.1) is 0 Å². The third-order valence-electron chi connectivity index (χ3n) is 4.85. The molecule has 110 valence electrons. The highest BCUT2D eigenvalue weighted by molar-refractivity contribution is 5.38. The lowest BCUT2D eigenvalue weighted by Crippen LogP contribution is -2.45. The molecule has 1 saturated carbocycles. The quantitative estimate of drug-likeness (QED) is 0.762. The summed E-state index contributed by atoms with van der Waals surface area (Å²) in [5, 5.41) is 3.51. The average Bonchev–Trinajstić information content (AvgIpc) is 2.88. The van der Waals surface area contributed by atoms with Gasteiger partial charge in [-0.25, -0.2) is 0 Å². The van der Waals surface area contributed by atoms with E-state index in [0.29, 0.717) is 0 Å². The molecule has 1 aromatic carbocycles. The molecule has 3 rings (SSSR count). The van der Waals surface area contributed by atoms with Gasteiger partial charge >= 0.3 is 0 Å². The first-order valence-electron chi connectivity index (χ1n) is 8.33. The number of hydrogen-bond acceptors (Lipinski definition) is 2. The number of aryl methyl sites for hydroxylation is 2. The Balaban J connectivity index is 1.59. The zero-order valence-electron chi connectivity index (χ0n) is 12.7. The number of ether oxygens (including phenoxy) is 1. The van der Waals surface area contributed by atoms with Crippen molar-refractivity contribution >= 4 is 0 Å². The average molecular weight is 273 g/mol. The van der Waals surface area contributed by atoms with Gasteiger partial charge in [-0.2, -0.15) is 0 Å². The third kappa shape index (κ3) is 3.01. The normalized spacial score (nSPS) is 19.4. The predicted molar refractivity (Wildman–Crippen MR) is 83.5 cm³/mol. The molecule has 0 radical (unpaired) electrons. The van der Waals surface area contributed by atoms with Gasteiger partial charge in [0.1, 0.15) is 11.4 Å². The maximum atomic E-state index is 6.40. The fraction of sp³-hybridized carbons (Fsp3) is 0.667. The van der Waals surface area contributed by atoms with E-state index < -0.39 is 0 Å². The summed E-state index contributed by atoms with van der Waals surface area (Å²) in [6.07, 6.45) is 9.90. The van der Waals surface area contributed by atoms with Crippen molar-refractivity contribution in [2.24, 2.45) is 0 Å². The summed E-state index contributed by atoms with van der Waals surface area (Å²) in [7, 11) is 0. The van der Waals surface area contributed by atoms with Crippen LogP contribution < -0.4 is 10.1 Å². The SMILES string of the molecule is CCCNCCC1(Oc2ccc3c(c2)CCC3)CCC1. The van der Waals surface area contributed by atoms with Crippen molar-refractivity contribution in [2.45, 2.75) is 63.9 Å². The van der Waals surface area contributed by atoms with Crippen LogP contribution in [0.15, 0.2) is 18.2 Å². The molecule has 1 fully saturated rings. The van der Waals surface area contributed by atoms with Crippen LogP contribution in [0.2, 0.25) is 0 Å². The van der Waals surface area contributed by atoms with Crippen LogP contribution in [0.25, 0.3) is 0 Å². The number of benzene rings is 1. The Hall–Kier alpha value is -1.02. The van der Waals surface area contributed by atoms with E-state index in [4.69, 9.17) is 4.74 Å². The standard InChI is InChI=1S/C18H27NO/c1-2-12-19-13-11-18(9-4-10-18)20-17-8-7-15-5-3-6-16(15)14-17/h7-8,14,19H,2-6,9-13H2,1H3. The van der Waals surface area contributed by atoms with Crippen LogP contribution in [0.3, 0.4) is 0 Å². The molecule has 0 heterocycles. The molecule has 2 aliphatic carbocycles. The van der Waals surface area contributed by atoms with Gasteiger partial charge in [-0.05, 0) is 87.7 Å². The van der Waals surface area contributed by atoms with Gasteiger partial charge < -0.3 is 10.1 Å². The fourth-order valence-corrected chi connectivity index (χ4v) is 3.45. The van der Waals surface area contributed by atoms with E-state index in [1.807, 2.05) is 0 Å². The minimum atomic E-state index is 0.119. The van der Waals surface area contributed by atoms with E-state index >= 15 is 0 Å². The Labute approximate surface area is 122 Å². The molecule has 2 heteroatoms. The van der Waals surface area contributed by atoms with Crippen LogP contribution >= 0.6 is 0 Å². The van der Waals surface area contributed by atoms with Crippen molar-refractivity contribution in [1.29, 1.82) is 0 Å². The molecule has 2 nitrogen and oxygen atoms in total. The van der Waals surface area contributed by atoms with Gasteiger partial charge in [-0.15, -0.1) is 0 Å². The summed E-state index contributed by atoms with van der Waals surface area (Å²) in [5.74, 6) is 1.10. The van der Waals surface area contributed by atoms with Crippen molar-refractivity contribution in [3.8, 4) is 5.75 Å². The topological polar surface area (TPSA) is 21.3 Å². The molecule has 0 aliphatic heterocycles. The van der Waals surface area contributed by atoms with Crippen LogP contribution in [0.1, 0.15) is 56.6 Å². The molecule has 1 N–H and O–H groups in total. The lowest BCUT2D eigenvalue weighted by molar-refractivity contribution is -0.0142. The minimum absolute atomic E-state index is 0.119. The molecular weight excluding hydrogens is 246 g/mol. The molecule has 0 aromatic heterocycles. The minimum Gasteiger partial charge on any atom is -0.487 e. The first-order chi connectivity index (χ1) is 9.81. The van der Waals surface area contributed by atoms with E-state index in [-0.39, 0.29) is 5.60 Å². The predicted octanol–water partition coefficient (Wildman–Crippen LogP) is 3.87. The summed E-state index contributed by atoms with van der Waals surface area (Å²) in [4.78, 5) is 0. The molecule has 0 unspecified atom stereocenters. The fourth-order valence-electron chi connectivity index (χ4n) is 3.45. The number of nitrogens with one attached hydrogen (secondary N) is 1. The highest BCUT2D eigenvalue weighted by atomic mass is 16.5. The summed E-state index contributed by atoms with van der Waals surface area (Å²) in [6.45, 7) is 4.42. The Bertz CT molecular complexity index is 451. The maximum absolute atomic E-state index is 6.40. The van der Waals surface area contributed by atoms with Crippen LogP contribution in [0.5, 0.6) is 5.75 Å². The van der Waals surface area contributed by atoms with Gasteiger partial charge in [0.2, 0.25) is 0 Å².